The number of ether oxygens (including phenoxy) is 1. The molecule has 1 aromatic rings. The number of carbonyl (C=O) groups excluding carboxylic acids is 1. The molecule has 0 spiro atoms. The molecule has 0 unspecified atom stereocenters. The van der Waals surface area contributed by atoms with E-state index in [0.29, 0.717) is 31.5 Å². The molecule has 0 radical (unpaired) electrons. The Morgan fingerprint density at radius 2 is 1.88 bits per heavy atom. The average Bonchev–Trinajstić information content (AvgIpc) is 2.78. The van der Waals surface area contributed by atoms with Gasteiger partial charge in [-0.15, -0.1) is 0 Å². The lowest BCUT2D eigenvalue weighted by Gasteiger charge is -2.19. The van der Waals surface area contributed by atoms with Gasteiger partial charge in [-0.2, -0.15) is 0 Å². The van der Waals surface area contributed by atoms with Crippen LogP contribution in [0.25, 0.3) is 0 Å². The van der Waals surface area contributed by atoms with Crippen LogP contribution in [0.15, 0.2) is 9.41 Å². The van der Waals surface area contributed by atoms with Crippen molar-refractivity contribution in [2.24, 2.45) is 4.99 Å². The van der Waals surface area contributed by atoms with Crippen molar-refractivity contribution < 1.29 is 13.9 Å². The van der Waals surface area contributed by atoms with E-state index in [4.69, 9.17) is 9.15 Å². The number of hydrogen-bond donors (Lipinski definition) is 3. The number of alkyl carbamates (subject to hydrolysis) is 1. The van der Waals surface area contributed by atoms with Crippen LogP contribution in [0.4, 0.5) is 4.79 Å². The van der Waals surface area contributed by atoms with Gasteiger partial charge in [-0.25, -0.2) is 9.78 Å². The highest BCUT2D eigenvalue weighted by molar-refractivity contribution is 5.79. The number of aromatic nitrogens is 1. The molecule has 3 N–H and O–H groups in total. The van der Waals surface area contributed by atoms with E-state index in [2.05, 4.69) is 25.9 Å². The number of hydrogen-bond acceptors (Lipinski definition) is 5. The molecule has 1 heterocycles. The molecule has 0 atom stereocenters. The van der Waals surface area contributed by atoms with Crippen LogP contribution in [-0.2, 0) is 11.3 Å². The van der Waals surface area contributed by atoms with Crippen molar-refractivity contribution in [1.82, 2.24) is 20.9 Å². The second-order valence-electron chi connectivity index (χ2n) is 6.38. The van der Waals surface area contributed by atoms with E-state index in [9.17, 15) is 4.79 Å². The summed E-state index contributed by atoms with van der Waals surface area (Å²) in [6.45, 7) is 11.0. The van der Waals surface area contributed by atoms with Crippen LogP contribution in [0.1, 0.15) is 44.5 Å². The highest BCUT2D eigenvalue weighted by Crippen LogP contribution is 2.07. The van der Waals surface area contributed by atoms with Gasteiger partial charge in [0.25, 0.3) is 0 Å². The third kappa shape index (κ3) is 7.85. The van der Waals surface area contributed by atoms with Crippen LogP contribution in [0.2, 0.25) is 0 Å². The molecule has 8 nitrogen and oxygen atoms in total. The summed E-state index contributed by atoms with van der Waals surface area (Å²) in [7, 11) is 1.69. The topological polar surface area (TPSA) is 101 Å². The van der Waals surface area contributed by atoms with Crippen LogP contribution in [0.5, 0.6) is 0 Å². The van der Waals surface area contributed by atoms with E-state index >= 15 is 0 Å². The number of aryl methyl sites for hydroxylation is 2. The highest BCUT2D eigenvalue weighted by atomic mass is 16.6. The lowest BCUT2D eigenvalue weighted by atomic mass is 10.2. The van der Waals surface area contributed by atoms with Gasteiger partial charge in [0.1, 0.15) is 11.4 Å². The molecule has 1 rings (SSSR count). The normalized spacial score (nSPS) is 12.0. The SMILES string of the molecule is CN=C(NCCCNC(=O)OC(C)(C)C)NCc1nc(C)c(C)o1. The van der Waals surface area contributed by atoms with Crippen molar-refractivity contribution in [3.8, 4) is 0 Å². The second kappa shape index (κ2) is 9.14. The molecule has 0 fully saturated rings. The van der Waals surface area contributed by atoms with Crippen LogP contribution in [-0.4, -0.2) is 42.8 Å². The lowest BCUT2D eigenvalue weighted by Crippen LogP contribution is -2.39. The molecule has 0 aliphatic carbocycles. The maximum absolute atomic E-state index is 11.5. The average molecular weight is 339 g/mol. The molecule has 136 valence electrons. The molecule has 0 saturated carbocycles. The quantitative estimate of drug-likeness (QED) is 0.415. The van der Waals surface area contributed by atoms with Gasteiger partial charge < -0.3 is 25.1 Å². The van der Waals surface area contributed by atoms with Gasteiger partial charge in [0.05, 0.1) is 12.2 Å². The van der Waals surface area contributed by atoms with Crippen LogP contribution >= 0.6 is 0 Å². The second-order valence-corrected chi connectivity index (χ2v) is 6.38. The summed E-state index contributed by atoms with van der Waals surface area (Å²) < 4.78 is 10.7. The third-order valence-electron chi connectivity index (χ3n) is 3.02. The summed E-state index contributed by atoms with van der Waals surface area (Å²) in [5.74, 6) is 2.10. The van der Waals surface area contributed by atoms with Gasteiger partial charge in [0.15, 0.2) is 5.96 Å². The molecule has 1 aromatic heterocycles. The Balaban J connectivity index is 2.19. The van der Waals surface area contributed by atoms with Gasteiger partial charge in [0.2, 0.25) is 5.89 Å². The van der Waals surface area contributed by atoms with E-state index in [1.165, 1.54) is 0 Å². The van der Waals surface area contributed by atoms with E-state index < -0.39 is 11.7 Å². The van der Waals surface area contributed by atoms with E-state index in [-0.39, 0.29) is 0 Å². The number of amides is 1. The van der Waals surface area contributed by atoms with Crippen LogP contribution < -0.4 is 16.0 Å². The van der Waals surface area contributed by atoms with E-state index in [0.717, 1.165) is 17.9 Å². The van der Waals surface area contributed by atoms with Gasteiger partial charge in [0, 0.05) is 20.1 Å². The van der Waals surface area contributed by atoms with Crippen molar-refractivity contribution in [3.63, 3.8) is 0 Å². The van der Waals surface area contributed by atoms with Crippen LogP contribution in [0.3, 0.4) is 0 Å². The minimum atomic E-state index is -0.481. The van der Waals surface area contributed by atoms with Gasteiger partial charge in [-0.1, -0.05) is 0 Å². The summed E-state index contributed by atoms with van der Waals surface area (Å²) >= 11 is 0. The number of nitrogens with one attached hydrogen (secondary N) is 3. The number of rotatable bonds is 6. The predicted molar refractivity (Wildman–Crippen MR) is 93.0 cm³/mol. The molecular formula is C16H29N5O3. The summed E-state index contributed by atoms with van der Waals surface area (Å²) in [5.41, 5.74) is 0.410. The zero-order valence-electron chi connectivity index (χ0n) is 15.4. The first-order valence-electron chi connectivity index (χ1n) is 8.05. The minimum Gasteiger partial charge on any atom is -0.444 e. The number of carbonyl (C=O) groups is 1. The van der Waals surface area contributed by atoms with Gasteiger partial charge in [-0.05, 0) is 41.0 Å². The standard InChI is InChI=1S/C16H29N5O3/c1-11-12(2)23-13(21-11)10-20-14(17-6)18-8-7-9-19-15(22)24-16(3,4)5/h7-10H2,1-6H3,(H,19,22)(H2,17,18,20). The molecule has 1 amide bonds. The smallest absolute Gasteiger partial charge is 0.407 e. The summed E-state index contributed by atoms with van der Waals surface area (Å²) in [6, 6.07) is 0. The highest BCUT2D eigenvalue weighted by Gasteiger charge is 2.15. The first-order chi connectivity index (χ1) is 11.2. The largest absolute Gasteiger partial charge is 0.444 e. The monoisotopic (exact) mass is 339 g/mol. The Kier molecular flexibility index (Phi) is 7.54. The van der Waals surface area contributed by atoms with Crippen molar-refractivity contribution in [2.75, 3.05) is 20.1 Å². The first-order valence-corrected chi connectivity index (χ1v) is 8.05. The minimum absolute atomic E-state index is 0.403. The maximum atomic E-state index is 11.5. The molecule has 0 bridgehead atoms. The third-order valence-corrected chi connectivity index (χ3v) is 3.02. The van der Waals surface area contributed by atoms with Gasteiger partial charge in [-0.3, -0.25) is 4.99 Å². The first kappa shape index (κ1) is 19.8. The molecule has 0 aromatic carbocycles. The summed E-state index contributed by atoms with van der Waals surface area (Å²) in [4.78, 5) is 19.9. The number of aliphatic imine (C=N–C) groups is 1. The number of nitrogens with zero attached hydrogens (tertiary/aromatic N) is 2. The van der Waals surface area contributed by atoms with E-state index in [1.54, 1.807) is 7.05 Å². The molecule has 0 aliphatic heterocycles. The number of guanidine groups is 1. The van der Waals surface area contributed by atoms with Crippen molar-refractivity contribution in [3.05, 3.63) is 17.3 Å². The van der Waals surface area contributed by atoms with E-state index in [1.807, 2.05) is 34.6 Å². The van der Waals surface area contributed by atoms with Crippen molar-refractivity contribution >= 4 is 12.1 Å². The Labute approximate surface area is 143 Å². The Bertz CT molecular complexity index is 541. The Morgan fingerprint density at radius 3 is 2.42 bits per heavy atom. The summed E-state index contributed by atoms with van der Waals surface area (Å²) in [5, 5.41) is 9.00. The van der Waals surface area contributed by atoms with Gasteiger partial charge >= 0.3 is 6.09 Å². The van der Waals surface area contributed by atoms with Crippen molar-refractivity contribution in [2.45, 2.75) is 53.2 Å². The zero-order valence-corrected chi connectivity index (χ0v) is 15.4. The molecule has 0 aliphatic rings. The molecule has 0 saturated heterocycles. The number of oxazole rings is 1. The summed E-state index contributed by atoms with van der Waals surface area (Å²) in [6.07, 6.45) is 0.344. The Hall–Kier alpha value is -2.25. The van der Waals surface area contributed by atoms with Crippen molar-refractivity contribution in [1.29, 1.82) is 0 Å². The predicted octanol–water partition coefficient (Wildman–Crippen LogP) is 1.87. The zero-order chi connectivity index (χ0) is 18.2. The molecule has 8 heteroatoms. The fraction of sp³-hybridized carbons (Fsp3) is 0.688. The molecule has 24 heavy (non-hydrogen) atoms. The molecular weight excluding hydrogens is 310 g/mol. The van der Waals surface area contributed by atoms with Crippen LogP contribution in [0, 0.1) is 13.8 Å². The Morgan fingerprint density at radius 1 is 1.21 bits per heavy atom. The lowest BCUT2D eigenvalue weighted by molar-refractivity contribution is 0.0527. The maximum Gasteiger partial charge on any atom is 0.407 e. The fourth-order valence-electron chi connectivity index (χ4n) is 1.79. The fourth-order valence-corrected chi connectivity index (χ4v) is 1.79.